The van der Waals surface area contributed by atoms with Crippen molar-refractivity contribution >= 4 is 11.0 Å². The second-order valence-electron chi connectivity index (χ2n) is 4.97. The summed E-state index contributed by atoms with van der Waals surface area (Å²) in [6.07, 6.45) is 1.24. The molecule has 0 aliphatic heterocycles. The van der Waals surface area contributed by atoms with Gasteiger partial charge >= 0.3 is 0 Å². The molecule has 0 amide bonds. The predicted molar refractivity (Wildman–Crippen MR) is 83.7 cm³/mol. The Bertz CT molecular complexity index is 924. The van der Waals surface area contributed by atoms with Gasteiger partial charge < -0.3 is 24.5 Å². The molecule has 0 aliphatic carbocycles. The standard InChI is InChI=1S/C17H14O6/c1-22-14-6-11-15(20)13(9-2-4-10(19)5-3-9)8-23-17(11)16(21)12(14)7-18/h2-6,8,18-19,21H,7H2,1H3. The molecule has 3 rings (SSSR count). The van der Waals surface area contributed by atoms with Gasteiger partial charge in [-0.25, -0.2) is 0 Å². The van der Waals surface area contributed by atoms with Crippen molar-refractivity contribution in [3.63, 3.8) is 0 Å². The molecule has 0 fully saturated rings. The van der Waals surface area contributed by atoms with E-state index in [1.54, 1.807) is 12.1 Å². The first-order valence-corrected chi connectivity index (χ1v) is 6.81. The lowest BCUT2D eigenvalue weighted by Crippen LogP contribution is -2.06. The molecule has 6 heteroatoms. The first-order valence-electron chi connectivity index (χ1n) is 6.81. The molecular formula is C17H14O6. The lowest BCUT2D eigenvalue weighted by molar-refractivity contribution is 0.267. The monoisotopic (exact) mass is 314 g/mol. The van der Waals surface area contributed by atoms with Gasteiger partial charge in [-0.1, -0.05) is 12.1 Å². The Balaban J connectivity index is 2.31. The van der Waals surface area contributed by atoms with E-state index in [4.69, 9.17) is 9.15 Å². The highest BCUT2D eigenvalue weighted by atomic mass is 16.5. The third kappa shape index (κ3) is 2.39. The molecule has 0 bridgehead atoms. The minimum absolute atomic E-state index is 0.0117. The van der Waals surface area contributed by atoms with Crippen LogP contribution in [0.25, 0.3) is 22.1 Å². The minimum Gasteiger partial charge on any atom is -0.508 e. The molecule has 118 valence electrons. The molecule has 0 spiro atoms. The summed E-state index contributed by atoms with van der Waals surface area (Å²) in [4.78, 5) is 12.7. The van der Waals surface area contributed by atoms with Crippen LogP contribution in [0.5, 0.6) is 17.2 Å². The van der Waals surface area contributed by atoms with E-state index in [0.717, 1.165) is 0 Å². The number of methoxy groups -OCH3 is 1. The Labute approximate surface area is 130 Å². The van der Waals surface area contributed by atoms with Gasteiger partial charge in [0.25, 0.3) is 0 Å². The van der Waals surface area contributed by atoms with Crippen molar-refractivity contribution in [2.45, 2.75) is 6.61 Å². The molecule has 3 N–H and O–H groups in total. The van der Waals surface area contributed by atoms with Crippen LogP contribution in [0, 0.1) is 0 Å². The van der Waals surface area contributed by atoms with Crippen molar-refractivity contribution in [3.05, 3.63) is 52.4 Å². The number of rotatable bonds is 3. The smallest absolute Gasteiger partial charge is 0.200 e. The lowest BCUT2D eigenvalue weighted by Gasteiger charge is -2.11. The summed E-state index contributed by atoms with van der Waals surface area (Å²) in [6, 6.07) is 7.54. The highest BCUT2D eigenvalue weighted by molar-refractivity contribution is 5.88. The van der Waals surface area contributed by atoms with E-state index in [0.29, 0.717) is 5.56 Å². The average molecular weight is 314 g/mol. The summed E-state index contributed by atoms with van der Waals surface area (Å²) >= 11 is 0. The van der Waals surface area contributed by atoms with Gasteiger partial charge in [0.1, 0.15) is 17.8 Å². The third-order valence-electron chi connectivity index (χ3n) is 3.66. The maximum absolute atomic E-state index is 12.7. The number of phenolic OH excluding ortho intramolecular Hbond substituents is 1. The van der Waals surface area contributed by atoms with Crippen molar-refractivity contribution in [2.75, 3.05) is 7.11 Å². The van der Waals surface area contributed by atoms with Crippen LogP contribution in [0.2, 0.25) is 0 Å². The number of aromatic hydroxyl groups is 2. The summed E-state index contributed by atoms with van der Waals surface area (Å²) < 4.78 is 10.5. The van der Waals surface area contributed by atoms with Crippen LogP contribution < -0.4 is 10.2 Å². The first-order chi connectivity index (χ1) is 11.1. The number of benzene rings is 2. The van der Waals surface area contributed by atoms with E-state index >= 15 is 0 Å². The number of phenols is 2. The van der Waals surface area contributed by atoms with E-state index in [9.17, 15) is 20.1 Å². The summed E-state index contributed by atoms with van der Waals surface area (Å²) in [5.41, 5.74) is 0.650. The maximum Gasteiger partial charge on any atom is 0.200 e. The van der Waals surface area contributed by atoms with E-state index in [-0.39, 0.29) is 44.8 Å². The number of aliphatic hydroxyl groups is 1. The molecule has 0 atom stereocenters. The SMILES string of the molecule is COc1cc2c(=O)c(-c3ccc(O)cc3)coc2c(O)c1CO. The fourth-order valence-electron chi connectivity index (χ4n) is 2.44. The predicted octanol–water partition coefficient (Wildman–Crippen LogP) is 2.37. The topological polar surface area (TPSA) is 100 Å². The van der Waals surface area contributed by atoms with Gasteiger partial charge in [0.2, 0.25) is 5.43 Å². The van der Waals surface area contributed by atoms with E-state index in [1.807, 2.05) is 0 Å². The van der Waals surface area contributed by atoms with Crippen LogP contribution in [-0.2, 0) is 6.61 Å². The van der Waals surface area contributed by atoms with Crippen molar-refractivity contribution in [3.8, 4) is 28.4 Å². The molecule has 1 aromatic heterocycles. The van der Waals surface area contributed by atoms with Gasteiger partial charge in [0.05, 0.1) is 30.2 Å². The van der Waals surface area contributed by atoms with Gasteiger partial charge in [-0.05, 0) is 23.8 Å². The second kappa shape index (κ2) is 5.66. The van der Waals surface area contributed by atoms with Crippen LogP contribution in [-0.4, -0.2) is 22.4 Å². The molecule has 0 saturated carbocycles. The molecule has 23 heavy (non-hydrogen) atoms. The molecular weight excluding hydrogens is 300 g/mol. The Hall–Kier alpha value is -2.99. The zero-order valence-corrected chi connectivity index (χ0v) is 12.2. The van der Waals surface area contributed by atoms with Crippen molar-refractivity contribution in [1.29, 1.82) is 0 Å². The Kier molecular flexibility index (Phi) is 3.67. The van der Waals surface area contributed by atoms with Crippen LogP contribution in [0.1, 0.15) is 5.56 Å². The normalized spacial score (nSPS) is 10.9. The summed E-state index contributed by atoms with van der Waals surface area (Å²) in [5.74, 6) is -0.0327. The summed E-state index contributed by atoms with van der Waals surface area (Å²) in [5, 5.41) is 29.0. The zero-order chi connectivity index (χ0) is 16.6. The Morgan fingerprint density at radius 2 is 1.87 bits per heavy atom. The zero-order valence-electron chi connectivity index (χ0n) is 12.2. The third-order valence-corrected chi connectivity index (χ3v) is 3.66. The fourth-order valence-corrected chi connectivity index (χ4v) is 2.44. The van der Waals surface area contributed by atoms with Crippen LogP contribution in [0.3, 0.4) is 0 Å². The Morgan fingerprint density at radius 1 is 1.17 bits per heavy atom. The highest BCUT2D eigenvalue weighted by Gasteiger charge is 2.18. The minimum atomic E-state index is -0.450. The number of hydrogen-bond donors (Lipinski definition) is 3. The first kappa shape index (κ1) is 14.9. The number of fused-ring (bicyclic) bond motifs is 1. The van der Waals surface area contributed by atoms with Gasteiger partial charge in [-0.2, -0.15) is 0 Å². The van der Waals surface area contributed by atoms with Crippen molar-refractivity contribution in [2.24, 2.45) is 0 Å². The molecule has 6 nitrogen and oxygen atoms in total. The van der Waals surface area contributed by atoms with E-state index < -0.39 is 6.61 Å². The average Bonchev–Trinajstić information content (AvgIpc) is 2.56. The van der Waals surface area contributed by atoms with Gasteiger partial charge in [0, 0.05) is 0 Å². The fraction of sp³-hybridized carbons (Fsp3) is 0.118. The van der Waals surface area contributed by atoms with Crippen molar-refractivity contribution < 1.29 is 24.5 Å². The van der Waals surface area contributed by atoms with Crippen LogP contribution >= 0.6 is 0 Å². The largest absolute Gasteiger partial charge is 0.508 e. The molecule has 3 aromatic rings. The van der Waals surface area contributed by atoms with Crippen LogP contribution in [0.4, 0.5) is 0 Å². The molecule has 0 saturated heterocycles. The van der Waals surface area contributed by atoms with Crippen LogP contribution in [0.15, 0.2) is 45.8 Å². The van der Waals surface area contributed by atoms with E-state index in [2.05, 4.69) is 0 Å². The Morgan fingerprint density at radius 3 is 2.48 bits per heavy atom. The number of ether oxygens (including phenoxy) is 1. The lowest BCUT2D eigenvalue weighted by atomic mass is 10.0. The summed E-state index contributed by atoms with van der Waals surface area (Å²) in [7, 11) is 1.38. The molecule has 1 heterocycles. The molecule has 0 aliphatic rings. The number of aliphatic hydroxyl groups excluding tert-OH is 1. The molecule has 0 radical (unpaired) electrons. The van der Waals surface area contributed by atoms with Gasteiger partial charge in [-0.15, -0.1) is 0 Å². The van der Waals surface area contributed by atoms with Crippen molar-refractivity contribution in [1.82, 2.24) is 0 Å². The van der Waals surface area contributed by atoms with Gasteiger partial charge in [0.15, 0.2) is 11.3 Å². The highest BCUT2D eigenvalue weighted by Crippen LogP contribution is 2.36. The maximum atomic E-state index is 12.7. The number of hydrogen-bond acceptors (Lipinski definition) is 6. The molecule has 2 aromatic carbocycles. The second-order valence-corrected chi connectivity index (χ2v) is 4.97. The summed E-state index contributed by atoms with van der Waals surface area (Å²) in [6.45, 7) is -0.450. The van der Waals surface area contributed by atoms with Gasteiger partial charge in [-0.3, -0.25) is 4.79 Å². The molecule has 0 unspecified atom stereocenters. The quantitative estimate of drug-likeness (QED) is 0.686. The van der Waals surface area contributed by atoms with E-state index in [1.165, 1.54) is 31.6 Å².